The molecule has 0 spiro atoms. The van der Waals surface area contributed by atoms with E-state index in [0.717, 1.165) is 6.42 Å². The minimum absolute atomic E-state index is 0.314. The molecule has 0 unspecified atom stereocenters. The van der Waals surface area contributed by atoms with E-state index in [0.29, 0.717) is 18.3 Å². The Hall–Kier alpha value is -1.51. The molecule has 0 aliphatic rings. The molecule has 0 saturated carbocycles. The van der Waals surface area contributed by atoms with Crippen LogP contribution in [0.4, 0.5) is 4.79 Å². The van der Waals surface area contributed by atoms with E-state index in [1.807, 2.05) is 38.1 Å². The Bertz CT molecular complexity index is 355. The zero-order valence-corrected chi connectivity index (χ0v) is 11.4. The zero-order chi connectivity index (χ0) is 13.4. The van der Waals surface area contributed by atoms with Gasteiger partial charge in [0, 0.05) is 0 Å². The van der Waals surface area contributed by atoms with Crippen LogP contribution in [0.2, 0.25) is 0 Å². The van der Waals surface area contributed by atoms with Gasteiger partial charge in [0.2, 0.25) is 0 Å². The van der Waals surface area contributed by atoms with E-state index in [1.54, 1.807) is 0 Å². The number of rotatable bonds is 6. The summed E-state index contributed by atoms with van der Waals surface area (Å²) in [5, 5.41) is 0. The molecule has 0 radical (unpaired) electrons. The summed E-state index contributed by atoms with van der Waals surface area (Å²) in [6.45, 7) is 6.52. The van der Waals surface area contributed by atoms with Crippen molar-refractivity contribution in [3.05, 3.63) is 29.8 Å². The largest absolute Gasteiger partial charge is 0.513 e. The third-order valence-corrected chi connectivity index (χ3v) is 2.48. The summed E-state index contributed by atoms with van der Waals surface area (Å²) < 4.78 is 10.0. The summed E-state index contributed by atoms with van der Waals surface area (Å²) in [5.74, 6) is 0.845. The van der Waals surface area contributed by atoms with E-state index in [-0.39, 0.29) is 0 Å². The fourth-order valence-electron chi connectivity index (χ4n) is 1.47. The van der Waals surface area contributed by atoms with Crippen LogP contribution in [0, 0.1) is 5.92 Å². The average Bonchev–Trinajstić information content (AvgIpc) is 2.35. The monoisotopic (exact) mass is 250 g/mol. The van der Waals surface area contributed by atoms with Crippen LogP contribution in [0.25, 0.3) is 0 Å². The van der Waals surface area contributed by atoms with Gasteiger partial charge in [-0.15, -0.1) is 0 Å². The summed E-state index contributed by atoms with van der Waals surface area (Å²) in [6, 6.07) is 7.59. The van der Waals surface area contributed by atoms with Crippen molar-refractivity contribution in [2.75, 3.05) is 6.61 Å². The lowest BCUT2D eigenvalue weighted by Gasteiger charge is -2.08. The van der Waals surface area contributed by atoms with Crippen molar-refractivity contribution in [2.24, 2.45) is 5.92 Å². The van der Waals surface area contributed by atoms with Gasteiger partial charge >= 0.3 is 6.16 Å². The van der Waals surface area contributed by atoms with Crippen LogP contribution in [-0.2, 0) is 11.2 Å². The molecule has 0 aliphatic carbocycles. The first-order valence-corrected chi connectivity index (χ1v) is 6.55. The van der Waals surface area contributed by atoms with Gasteiger partial charge < -0.3 is 9.47 Å². The molecule has 0 aliphatic heterocycles. The van der Waals surface area contributed by atoms with Crippen LogP contribution in [0.3, 0.4) is 0 Å². The number of hydrogen-bond donors (Lipinski definition) is 0. The molecule has 0 bridgehead atoms. The molecular weight excluding hydrogens is 228 g/mol. The van der Waals surface area contributed by atoms with E-state index < -0.39 is 6.16 Å². The van der Waals surface area contributed by atoms with Gasteiger partial charge in [-0.3, -0.25) is 0 Å². The molecule has 0 aromatic heterocycles. The maximum Gasteiger partial charge on any atom is 0.513 e. The predicted octanol–water partition coefficient (Wildman–Crippen LogP) is 4.20. The molecular formula is C15H22O3. The van der Waals surface area contributed by atoms with E-state index in [9.17, 15) is 4.79 Å². The topological polar surface area (TPSA) is 35.5 Å². The molecule has 0 heterocycles. The maximum atomic E-state index is 11.3. The van der Waals surface area contributed by atoms with Crippen molar-refractivity contribution in [3.8, 4) is 5.75 Å². The van der Waals surface area contributed by atoms with Crippen LogP contribution in [0.15, 0.2) is 24.3 Å². The molecule has 0 N–H and O–H groups in total. The van der Waals surface area contributed by atoms with Crippen LogP contribution in [0.5, 0.6) is 5.75 Å². The number of carbonyl (C=O) groups is 1. The Kier molecular flexibility index (Phi) is 6.26. The van der Waals surface area contributed by atoms with Crippen LogP contribution in [0.1, 0.15) is 39.2 Å². The quantitative estimate of drug-likeness (QED) is 0.560. The van der Waals surface area contributed by atoms with Gasteiger partial charge in [0.15, 0.2) is 0 Å². The minimum Gasteiger partial charge on any atom is -0.434 e. The summed E-state index contributed by atoms with van der Waals surface area (Å²) >= 11 is 0. The Labute approximate surface area is 109 Å². The van der Waals surface area contributed by atoms with Gasteiger partial charge in [-0.2, -0.15) is 0 Å². The molecule has 0 saturated heterocycles. The molecule has 3 nitrogen and oxygen atoms in total. The number of ether oxygens (including phenoxy) is 2. The first-order chi connectivity index (χ1) is 8.61. The van der Waals surface area contributed by atoms with Crippen LogP contribution < -0.4 is 4.74 Å². The summed E-state index contributed by atoms with van der Waals surface area (Å²) in [5.41, 5.74) is 1.26. The highest BCUT2D eigenvalue weighted by molar-refractivity contribution is 5.63. The average molecular weight is 250 g/mol. The van der Waals surface area contributed by atoms with E-state index >= 15 is 0 Å². The summed E-state index contributed by atoms with van der Waals surface area (Å²) in [7, 11) is 0. The molecule has 1 aromatic rings. The summed E-state index contributed by atoms with van der Waals surface area (Å²) in [6.07, 6.45) is 2.79. The standard InChI is InChI=1S/C15H22O3/c1-4-5-6-13-7-9-14(10-8-13)18-15(16)17-11-12(2)3/h7-10,12H,4-6,11H2,1-3H3. The number of benzene rings is 1. The van der Waals surface area contributed by atoms with E-state index in [1.165, 1.54) is 18.4 Å². The van der Waals surface area contributed by atoms with Crippen molar-refractivity contribution in [1.82, 2.24) is 0 Å². The van der Waals surface area contributed by atoms with Crippen molar-refractivity contribution in [1.29, 1.82) is 0 Å². The fourth-order valence-corrected chi connectivity index (χ4v) is 1.47. The minimum atomic E-state index is -0.634. The van der Waals surface area contributed by atoms with Gasteiger partial charge in [-0.1, -0.05) is 39.3 Å². The Morgan fingerprint density at radius 2 is 1.89 bits per heavy atom. The second kappa shape index (κ2) is 7.75. The highest BCUT2D eigenvalue weighted by atomic mass is 16.7. The molecule has 18 heavy (non-hydrogen) atoms. The summed E-state index contributed by atoms with van der Waals surface area (Å²) in [4.78, 5) is 11.3. The van der Waals surface area contributed by atoms with Gasteiger partial charge in [-0.25, -0.2) is 4.79 Å². The van der Waals surface area contributed by atoms with E-state index in [2.05, 4.69) is 6.92 Å². The highest BCUT2D eigenvalue weighted by Gasteiger charge is 2.07. The molecule has 0 fully saturated rings. The van der Waals surface area contributed by atoms with Crippen LogP contribution >= 0.6 is 0 Å². The molecule has 100 valence electrons. The van der Waals surface area contributed by atoms with Gasteiger partial charge in [0.05, 0.1) is 6.61 Å². The lowest BCUT2D eigenvalue weighted by atomic mass is 10.1. The van der Waals surface area contributed by atoms with Crippen molar-refractivity contribution < 1.29 is 14.3 Å². The first kappa shape index (κ1) is 14.6. The Morgan fingerprint density at radius 3 is 2.44 bits per heavy atom. The van der Waals surface area contributed by atoms with E-state index in [4.69, 9.17) is 9.47 Å². The van der Waals surface area contributed by atoms with Crippen molar-refractivity contribution >= 4 is 6.16 Å². The number of carbonyl (C=O) groups excluding carboxylic acids is 1. The second-order valence-corrected chi connectivity index (χ2v) is 4.80. The SMILES string of the molecule is CCCCc1ccc(OC(=O)OCC(C)C)cc1. The third-order valence-electron chi connectivity index (χ3n) is 2.48. The smallest absolute Gasteiger partial charge is 0.434 e. The van der Waals surface area contributed by atoms with Crippen LogP contribution in [-0.4, -0.2) is 12.8 Å². The Balaban J connectivity index is 2.40. The molecule has 1 rings (SSSR count). The highest BCUT2D eigenvalue weighted by Crippen LogP contribution is 2.14. The van der Waals surface area contributed by atoms with Crippen molar-refractivity contribution in [2.45, 2.75) is 40.0 Å². The normalized spacial score (nSPS) is 10.4. The first-order valence-electron chi connectivity index (χ1n) is 6.55. The molecule has 3 heteroatoms. The maximum absolute atomic E-state index is 11.3. The fraction of sp³-hybridized carbons (Fsp3) is 0.533. The third kappa shape index (κ3) is 5.71. The number of aryl methyl sites for hydroxylation is 1. The zero-order valence-electron chi connectivity index (χ0n) is 11.4. The Morgan fingerprint density at radius 1 is 1.22 bits per heavy atom. The number of unbranched alkanes of at least 4 members (excludes halogenated alkanes) is 1. The second-order valence-electron chi connectivity index (χ2n) is 4.80. The molecule has 1 aromatic carbocycles. The molecule has 0 atom stereocenters. The molecule has 0 amide bonds. The number of hydrogen-bond acceptors (Lipinski definition) is 3. The van der Waals surface area contributed by atoms with Crippen molar-refractivity contribution in [3.63, 3.8) is 0 Å². The lowest BCUT2D eigenvalue weighted by Crippen LogP contribution is -2.14. The van der Waals surface area contributed by atoms with Gasteiger partial charge in [0.25, 0.3) is 0 Å². The van der Waals surface area contributed by atoms with Gasteiger partial charge in [0.1, 0.15) is 5.75 Å². The lowest BCUT2D eigenvalue weighted by molar-refractivity contribution is 0.0885. The predicted molar refractivity (Wildman–Crippen MR) is 71.9 cm³/mol. The van der Waals surface area contributed by atoms with Gasteiger partial charge in [-0.05, 0) is 36.5 Å².